The minimum Gasteiger partial charge on any atom is -0.497 e. The summed E-state index contributed by atoms with van der Waals surface area (Å²) in [4.78, 5) is 16.9. The topological polar surface area (TPSA) is 63.5 Å². The fraction of sp³-hybridized carbons (Fsp3) is 0.500. The van der Waals surface area contributed by atoms with Crippen molar-refractivity contribution in [3.05, 3.63) is 30.0 Å². The number of rotatable bonds is 4. The van der Waals surface area contributed by atoms with Crippen LogP contribution in [0, 0.1) is 0 Å². The van der Waals surface area contributed by atoms with Gasteiger partial charge in [-0.15, -0.1) is 5.10 Å². The SMILES string of the molecule is COc1ccc(-n2nnc(C(C)=O)c2N2CCN3CCCC3C2)cc1. The van der Waals surface area contributed by atoms with Crippen LogP contribution >= 0.6 is 0 Å². The van der Waals surface area contributed by atoms with Crippen molar-refractivity contribution < 1.29 is 9.53 Å². The molecular weight excluding hydrogens is 318 g/mol. The van der Waals surface area contributed by atoms with Crippen LogP contribution < -0.4 is 9.64 Å². The number of piperazine rings is 1. The third-order valence-electron chi connectivity index (χ3n) is 5.18. The number of aromatic nitrogens is 3. The summed E-state index contributed by atoms with van der Waals surface area (Å²) >= 11 is 0. The van der Waals surface area contributed by atoms with Crippen LogP contribution in [-0.4, -0.2) is 65.0 Å². The van der Waals surface area contributed by atoms with E-state index in [0.29, 0.717) is 11.7 Å². The summed E-state index contributed by atoms with van der Waals surface area (Å²) in [6.45, 7) is 5.58. The van der Waals surface area contributed by atoms with E-state index in [-0.39, 0.29) is 5.78 Å². The number of carbonyl (C=O) groups excluding carboxylic acids is 1. The molecule has 0 bridgehead atoms. The van der Waals surface area contributed by atoms with Crippen LogP contribution in [0.25, 0.3) is 5.69 Å². The van der Waals surface area contributed by atoms with Gasteiger partial charge in [-0.05, 0) is 43.7 Å². The third-order valence-corrected chi connectivity index (χ3v) is 5.18. The molecule has 2 aliphatic heterocycles. The maximum Gasteiger partial charge on any atom is 0.183 e. The minimum absolute atomic E-state index is 0.0522. The van der Waals surface area contributed by atoms with Crippen molar-refractivity contribution in [3.8, 4) is 11.4 Å². The first-order chi connectivity index (χ1) is 12.2. The van der Waals surface area contributed by atoms with E-state index in [9.17, 15) is 4.79 Å². The lowest BCUT2D eigenvalue weighted by Gasteiger charge is -2.38. The summed E-state index contributed by atoms with van der Waals surface area (Å²) in [5, 5.41) is 8.45. The number of benzene rings is 1. The molecule has 7 nitrogen and oxygen atoms in total. The molecule has 1 unspecified atom stereocenters. The van der Waals surface area contributed by atoms with Crippen LogP contribution in [0.15, 0.2) is 24.3 Å². The fourth-order valence-corrected chi connectivity index (χ4v) is 3.87. The molecule has 0 aliphatic carbocycles. The van der Waals surface area contributed by atoms with Gasteiger partial charge in [0, 0.05) is 32.6 Å². The molecule has 1 atom stereocenters. The molecule has 2 fully saturated rings. The minimum atomic E-state index is -0.0522. The largest absolute Gasteiger partial charge is 0.497 e. The van der Waals surface area contributed by atoms with E-state index < -0.39 is 0 Å². The predicted octanol–water partition coefficient (Wildman–Crippen LogP) is 1.76. The number of nitrogens with zero attached hydrogens (tertiary/aromatic N) is 5. The summed E-state index contributed by atoms with van der Waals surface area (Å²) in [5.74, 6) is 1.55. The first-order valence-electron chi connectivity index (χ1n) is 8.77. The van der Waals surface area contributed by atoms with E-state index in [1.54, 1.807) is 18.7 Å². The summed E-state index contributed by atoms with van der Waals surface area (Å²) < 4.78 is 7.01. The molecule has 0 spiro atoms. The number of ether oxygens (including phenoxy) is 1. The number of ketones is 1. The summed E-state index contributed by atoms with van der Waals surface area (Å²) in [5.41, 5.74) is 1.33. The lowest BCUT2D eigenvalue weighted by molar-refractivity contribution is 0.101. The zero-order chi connectivity index (χ0) is 17.4. The van der Waals surface area contributed by atoms with Gasteiger partial charge in [0.15, 0.2) is 17.3 Å². The Morgan fingerprint density at radius 2 is 2.00 bits per heavy atom. The van der Waals surface area contributed by atoms with Gasteiger partial charge in [-0.2, -0.15) is 4.68 Å². The van der Waals surface area contributed by atoms with Crippen molar-refractivity contribution in [1.82, 2.24) is 19.9 Å². The molecule has 1 aromatic heterocycles. The van der Waals surface area contributed by atoms with Gasteiger partial charge < -0.3 is 9.64 Å². The molecule has 3 heterocycles. The molecule has 0 saturated carbocycles. The van der Waals surface area contributed by atoms with Gasteiger partial charge in [0.05, 0.1) is 12.8 Å². The van der Waals surface area contributed by atoms with Crippen LogP contribution in [0.5, 0.6) is 5.75 Å². The van der Waals surface area contributed by atoms with Crippen molar-refractivity contribution in [1.29, 1.82) is 0 Å². The summed E-state index contributed by atoms with van der Waals surface area (Å²) in [6.07, 6.45) is 2.48. The molecule has 2 aliphatic rings. The Kier molecular flexibility index (Phi) is 4.17. The van der Waals surface area contributed by atoms with Crippen molar-refractivity contribution >= 4 is 11.6 Å². The fourth-order valence-electron chi connectivity index (χ4n) is 3.87. The molecule has 0 N–H and O–H groups in total. The highest BCUT2D eigenvalue weighted by molar-refractivity contribution is 5.97. The maximum absolute atomic E-state index is 12.1. The van der Waals surface area contributed by atoms with Gasteiger partial charge >= 0.3 is 0 Å². The lowest BCUT2D eigenvalue weighted by Crippen LogP contribution is -2.51. The predicted molar refractivity (Wildman–Crippen MR) is 94.7 cm³/mol. The van der Waals surface area contributed by atoms with E-state index >= 15 is 0 Å². The molecular formula is C18H23N5O2. The van der Waals surface area contributed by atoms with E-state index in [1.165, 1.54) is 19.4 Å². The molecule has 7 heteroatoms. The summed E-state index contributed by atoms with van der Waals surface area (Å²) in [6, 6.07) is 8.22. The van der Waals surface area contributed by atoms with Gasteiger partial charge in [0.25, 0.3) is 0 Å². The molecule has 25 heavy (non-hydrogen) atoms. The van der Waals surface area contributed by atoms with E-state index in [0.717, 1.165) is 36.9 Å². The van der Waals surface area contributed by atoms with E-state index in [2.05, 4.69) is 20.1 Å². The van der Waals surface area contributed by atoms with Crippen molar-refractivity contribution in [2.75, 3.05) is 38.2 Å². The lowest BCUT2D eigenvalue weighted by atomic mass is 10.1. The highest BCUT2D eigenvalue weighted by atomic mass is 16.5. The quantitative estimate of drug-likeness (QED) is 0.790. The number of carbonyl (C=O) groups is 1. The molecule has 1 aromatic carbocycles. The van der Waals surface area contributed by atoms with Crippen LogP contribution in [-0.2, 0) is 0 Å². The maximum atomic E-state index is 12.1. The second kappa shape index (κ2) is 6.48. The van der Waals surface area contributed by atoms with E-state index in [4.69, 9.17) is 4.74 Å². The zero-order valence-corrected chi connectivity index (χ0v) is 14.7. The molecule has 4 rings (SSSR count). The van der Waals surface area contributed by atoms with Crippen molar-refractivity contribution in [3.63, 3.8) is 0 Å². The van der Waals surface area contributed by atoms with Gasteiger partial charge in [0.1, 0.15) is 5.75 Å². The zero-order valence-electron chi connectivity index (χ0n) is 14.7. The first-order valence-corrected chi connectivity index (χ1v) is 8.77. The standard InChI is InChI=1S/C18H23N5O2/c1-13(24)17-18(22-11-10-21-9-3-4-15(21)12-22)23(20-19-17)14-5-7-16(25-2)8-6-14/h5-8,15H,3-4,9-12H2,1-2H3. The second-order valence-corrected chi connectivity index (χ2v) is 6.71. The number of hydrogen-bond acceptors (Lipinski definition) is 6. The smallest absolute Gasteiger partial charge is 0.183 e. The average Bonchev–Trinajstić information content (AvgIpc) is 3.27. The number of hydrogen-bond donors (Lipinski definition) is 0. The molecule has 2 aromatic rings. The molecule has 0 amide bonds. The van der Waals surface area contributed by atoms with Gasteiger partial charge in [-0.1, -0.05) is 5.21 Å². The van der Waals surface area contributed by atoms with E-state index in [1.807, 2.05) is 24.3 Å². The number of fused-ring (bicyclic) bond motifs is 1. The Bertz CT molecular complexity index is 770. The van der Waals surface area contributed by atoms with Crippen LogP contribution in [0.4, 0.5) is 5.82 Å². The molecule has 2 saturated heterocycles. The van der Waals surface area contributed by atoms with Gasteiger partial charge in [0.2, 0.25) is 0 Å². The molecule has 0 radical (unpaired) electrons. The Morgan fingerprint density at radius 3 is 2.72 bits per heavy atom. The normalized spacial score (nSPS) is 20.6. The Balaban J connectivity index is 1.71. The second-order valence-electron chi connectivity index (χ2n) is 6.71. The van der Waals surface area contributed by atoms with Crippen LogP contribution in [0.2, 0.25) is 0 Å². The summed E-state index contributed by atoms with van der Waals surface area (Å²) in [7, 11) is 1.64. The average molecular weight is 341 g/mol. The Morgan fingerprint density at radius 1 is 1.20 bits per heavy atom. The van der Waals surface area contributed by atoms with Crippen LogP contribution in [0.3, 0.4) is 0 Å². The third kappa shape index (κ3) is 2.89. The Labute approximate surface area is 147 Å². The highest BCUT2D eigenvalue weighted by Crippen LogP contribution is 2.29. The van der Waals surface area contributed by atoms with Crippen molar-refractivity contribution in [2.24, 2.45) is 0 Å². The number of methoxy groups -OCH3 is 1. The van der Waals surface area contributed by atoms with Gasteiger partial charge in [-0.25, -0.2) is 0 Å². The monoisotopic (exact) mass is 341 g/mol. The van der Waals surface area contributed by atoms with Crippen molar-refractivity contribution in [2.45, 2.75) is 25.8 Å². The highest BCUT2D eigenvalue weighted by Gasteiger charge is 2.34. The number of anilines is 1. The van der Waals surface area contributed by atoms with Gasteiger partial charge in [-0.3, -0.25) is 9.69 Å². The number of Topliss-reactive ketones (excluding diaryl/α,β-unsaturated/α-hetero) is 1. The first kappa shape index (κ1) is 16.1. The Hall–Kier alpha value is -2.41. The molecule has 132 valence electrons. The van der Waals surface area contributed by atoms with Crippen LogP contribution in [0.1, 0.15) is 30.3 Å².